The molecule has 8 nitrogen and oxygen atoms in total. The van der Waals surface area contributed by atoms with Crippen LogP contribution in [0.25, 0.3) is 0 Å². The highest BCUT2D eigenvalue weighted by atomic mass is 16.4. The molecule has 0 fully saturated rings. The lowest BCUT2D eigenvalue weighted by atomic mass is 10.3. The van der Waals surface area contributed by atoms with E-state index in [1.165, 1.54) is 12.8 Å². The van der Waals surface area contributed by atoms with Crippen molar-refractivity contribution in [3.63, 3.8) is 0 Å². The molecule has 8 heteroatoms. The largest absolute Gasteiger partial charge is 0.480 e. The van der Waals surface area contributed by atoms with E-state index >= 15 is 0 Å². The van der Waals surface area contributed by atoms with E-state index in [-0.39, 0.29) is 6.54 Å². The molecule has 0 saturated carbocycles. The van der Waals surface area contributed by atoms with Crippen molar-refractivity contribution >= 4 is 5.97 Å². The number of unbranched alkanes of at least 4 members (excludes halogenated alkanes) is 1. The number of hydrazine groups is 1. The number of carbonyl (C=O) groups is 1. The Hall–Kier alpha value is -0.770. The Morgan fingerprint density at radius 2 is 1.25 bits per heavy atom. The summed E-state index contributed by atoms with van der Waals surface area (Å²) in [6.45, 7) is 5.71. The van der Waals surface area contributed by atoms with Crippen LogP contribution in [0.15, 0.2) is 0 Å². The van der Waals surface area contributed by atoms with Crippen LogP contribution in [-0.2, 0) is 4.79 Å². The van der Waals surface area contributed by atoms with Crippen LogP contribution in [0.5, 0.6) is 0 Å². The van der Waals surface area contributed by atoms with Crippen LogP contribution in [-0.4, -0.2) is 56.9 Å². The van der Waals surface area contributed by atoms with Crippen molar-refractivity contribution in [3.05, 3.63) is 0 Å². The van der Waals surface area contributed by atoms with Gasteiger partial charge in [0.2, 0.25) is 0 Å². The molecule has 20 heavy (non-hydrogen) atoms. The van der Waals surface area contributed by atoms with E-state index in [1.807, 2.05) is 5.43 Å². The van der Waals surface area contributed by atoms with Gasteiger partial charge in [-0.1, -0.05) is 0 Å². The molecule has 0 atom stereocenters. The molecule has 0 aliphatic rings. The predicted octanol–water partition coefficient (Wildman–Crippen LogP) is -1.82. The fourth-order valence-electron chi connectivity index (χ4n) is 1.29. The van der Waals surface area contributed by atoms with Crippen molar-refractivity contribution in [2.24, 2.45) is 17.3 Å². The van der Waals surface area contributed by atoms with Gasteiger partial charge in [0, 0.05) is 0 Å². The molecule has 0 unspecified atom stereocenters. The van der Waals surface area contributed by atoms with Crippen molar-refractivity contribution in [2.45, 2.75) is 25.7 Å². The second kappa shape index (κ2) is 20.5. The molecule has 0 aromatic heterocycles. The van der Waals surface area contributed by atoms with E-state index in [0.717, 1.165) is 52.1 Å². The summed E-state index contributed by atoms with van der Waals surface area (Å²) in [5.74, 6) is 3.65. The monoisotopic (exact) mass is 292 g/mol. The topological polar surface area (TPSA) is 151 Å². The van der Waals surface area contributed by atoms with E-state index in [0.29, 0.717) is 0 Å². The lowest BCUT2D eigenvalue weighted by Crippen LogP contribution is -2.28. The zero-order chi connectivity index (χ0) is 15.5. The zero-order valence-electron chi connectivity index (χ0n) is 12.4. The van der Waals surface area contributed by atoms with Crippen LogP contribution in [0.2, 0.25) is 0 Å². The van der Waals surface area contributed by atoms with Gasteiger partial charge in [-0.05, 0) is 65.0 Å². The fourth-order valence-corrected chi connectivity index (χ4v) is 1.29. The highest BCUT2D eigenvalue weighted by molar-refractivity contribution is 5.68. The molecule has 0 aliphatic carbocycles. The molecule has 0 aliphatic heterocycles. The molecule has 0 rings (SSSR count). The minimum absolute atomic E-state index is 0.181. The van der Waals surface area contributed by atoms with Crippen LogP contribution >= 0.6 is 0 Å². The van der Waals surface area contributed by atoms with Crippen LogP contribution in [0, 0.1) is 0 Å². The van der Waals surface area contributed by atoms with Crippen LogP contribution in [0.4, 0.5) is 0 Å². The Morgan fingerprint density at radius 3 is 1.50 bits per heavy atom. The van der Waals surface area contributed by atoms with Gasteiger partial charge in [-0.25, -0.2) is 5.43 Å². The smallest absolute Gasteiger partial charge is 0.318 e. The summed E-state index contributed by atoms with van der Waals surface area (Å²) in [7, 11) is 0. The minimum atomic E-state index is -0.947. The number of hydrogen-bond acceptors (Lipinski definition) is 7. The van der Waals surface area contributed by atoms with Crippen molar-refractivity contribution in [1.29, 1.82) is 0 Å². The quantitative estimate of drug-likeness (QED) is 0.119. The van der Waals surface area contributed by atoms with Crippen molar-refractivity contribution < 1.29 is 9.90 Å². The molecule has 0 bridgehead atoms. The fraction of sp³-hybridized carbons (Fsp3) is 0.917. The normalized spacial score (nSPS) is 9.95. The van der Waals surface area contributed by atoms with E-state index in [9.17, 15) is 4.79 Å². The Labute approximate surface area is 121 Å². The molecular weight excluding hydrogens is 260 g/mol. The average Bonchev–Trinajstić information content (AvgIpc) is 2.41. The van der Waals surface area contributed by atoms with Gasteiger partial charge in [0.1, 0.15) is 6.54 Å². The Bertz CT molecular complexity index is 183. The van der Waals surface area contributed by atoms with Gasteiger partial charge in [0.15, 0.2) is 0 Å². The summed E-state index contributed by atoms with van der Waals surface area (Å²) < 4.78 is 0. The van der Waals surface area contributed by atoms with E-state index < -0.39 is 5.97 Å². The first-order chi connectivity index (χ1) is 9.68. The first-order valence-corrected chi connectivity index (χ1v) is 7.15. The third-order valence-corrected chi connectivity index (χ3v) is 2.33. The summed E-state index contributed by atoms with van der Waals surface area (Å²) >= 11 is 0. The van der Waals surface area contributed by atoms with Gasteiger partial charge in [0.05, 0.1) is 0 Å². The molecule has 0 aromatic carbocycles. The van der Waals surface area contributed by atoms with Crippen molar-refractivity contribution in [2.75, 3.05) is 45.8 Å². The van der Waals surface area contributed by atoms with Crippen LogP contribution in [0.1, 0.15) is 25.7 Å². The summed E-state index contributed by atoms with van der Waals surface area (Å²) in [4.78, 5) is 9.46. The van der Waals surface area contributed by atoms with Crippen LogP contribution < -0.4 is 33.4 Å². The first kappa shape index (κ1) is 21.5. The molecular formula is C12H32N6O2. The third kappa shape index (κ3) is 25.9. The van der Waals surface area contributed by atoms with Gasteiger partial charge in [-0.3, -0.25) is 10.6 Å². The summed E-state index contributed by atoms with van der Waals surface area (Å²) in [5, 5.41) is 14.5. The maximum absolute atomic E-state index is 9.46. The van der Waals surface area contributed by atoms with Crippen LogP contribution in [0.3, 0.4) is 0 Å². The van der Waals surface area contributed by atoms with E-state index in [4.69, 9.17) is 16.6 Å². The number of carboxylic acids is 1. The number of rotatable bonds is 13. The number of aliphatic carboxylic acids is 1. The number of hydrogen-bond donors (Lipinski definition) is 7. The average molecular weight is 292 g/mol. The molecule has 0 spiro atoms. The maximum atomic E-state index is 9.46. The highest BCUT2D eigenvalue weighted by Gasteiger charge is 1.89. The molecule has 0 amide bonds. The van der Waals surface area contributed by atoms with E-state index in [1.54, 1.807) is 0 Å². The molecule has 122 valence electrons. The van der Waals surface area contributed by atoms with Gasteiger partial charge in [-0.15, -0.1) is 0 Å². The van der Waals surface area contributed by atoms with Gasteiger partial charge in [0.25, 0.3) is 0 Å². The molecule has 0 radical (unpaired) electrons. The molecule has 0 heterocycles. The number of carboxylic acid groups (broad SMARTS) is 1. The third-order valence-electron chi connectivity index (χ3n) is 2.33. The SMILES string of the molecule is NCCCNCCCCNCCCN.NNCC(=O)O. The number of nitrogens with two attached hydrogens (primary N) is 3. The highest BCUT2D eigenvalue weighted by Crippen LogP contribution is 1.85. The molecule has 10 N–H and O–H groups in total. The number of nitrogens with one attached hydrogen (secondary N) is 3. The molecule has 0 saturated heterocycles. The Kier molecular flexibility index (Phi) is 22.1. The molecule has 0 aromatic rings. The Morgan fingerprint density at radius 1 is 0.850 bits per heavy atom. The van der Waals surface area contributed by atoms with Crippen molar-refractivity contribution in [3.8, 4) is 0 Å². The van der Waals surface area contributed by atoms with Gasteiger partial charge >= 0.3 is 5.97 Å². The lowest BCUT2D eigenvalue weighted by molar-refractivity contribution is -0.135. The standard InChI is InChI=1S/C10H26N4.C2H6N2O2/c11-5-3-9-13-7-1-2-8-14-10-4-6-12;3-4-1-2(5)6/h13-14H,1-12H2;4H,1,3H2,(H,5,6). The Balaban J connectivity index is 0. The zero-order valence-corrected chi connectivity index (χ0v) is 12.4. The minimum Gasteiger partial charge on any atom is -0.480 e. The predicted molar refractivity (Wildman–Crippen MR) is 82.1 cm³/mol. The summed E-state index contributed by atoms with van der Waals surface area (Å²) in [5.41, 5.74) is 12.7. The first-order valence-electron chi connectivity index (χ1n) is 7.15. The second-order valence-corrected chi connectivity index (χ2v) is 4.27. The summed E-state index contributed by atoms with van der Waals surface area (Å²) in [6.07, 6.45) is 4.63. The van der Waals surface area contributed by atoms with Gasteiger partial charge < -0.3 is 27.2 Å². The summed E-state index contributed by atoms with van der Waals surface area (Å²) in [6, 6.07) is 0. The van der Waals surface area contributed by atoms with Crippen molar-refractivity contribution in [1.82, 2.24) is 16.1 Å². The van der Waals surface area contributed by atoms with Gasteiger partial charge in [-0.2, -0.15) is 0 Å². The maximum Gasteiger partial charge on any atom is 0.318 e. The van der Waals surface area contributed by atoms with E-state index in [2.05, 4.69) is 16.5 Å². The lowest BCUT2D eigenvalue weighted by Gasteiger charge is -2.04. The second-order valence-electron chi connectivity index (χ2n) is 4.27.